The van der Waals surface area contributed by atoms with Crippen molar-refractivity contribution in [2.75, 3.05) is 12.4 Å². The molecule has 1 aliphatic rings. The number of carbonyl (C=O) groups excluding carboxylic acids is 4. The molecule has 1 fully saturated rings. The summed E-state index contributed by atoms with van der Waals surface area (Å²) in [7, 11) is 1.28. The zero-order valence-electron chi connectivity index (χ0n) is 22.0. The lowest BCUT2D eigenvalue weighted by Gasteiger charge is -2.29. The third-order valence-corrected chi connectivity index (χ3v) is 6.69. The van der Waals surface area contributed by atoms with Crippen LogP contribution in [0.15, 0.2) is 54.6 Å². The molecule has 0 bridgehead atoms. The van der Waals surface area contributed by atoms with Gasteiger partial charge in [0, 0.05) is 18.5 Å². The van der Waals surface area contributed by atoms with E-state index in [0.717, 1.165) is 43.2 Å². The summed E-state index contributed by atoms with van der Waals surface area (Å²) in [5.41, 5.74) is 2.22. The van der Waals surface area contributed by atoms with Crippen LogP contribution in [0.3, 0.4) is 0 Å². The molecule has 2 atom stereocenters. The van der Waals surface area contributed by atoms with Crippen LogP contribution in [0.2, 0.25) is 0 Å². The fourth-order valence-corrected chi connectivity index (χ4v) is 4.57. The van der Waals surface area contributed by atoms with Crippen LogP contribution in [0.5, 0.6) is 0 Å². The van der Waals surface area contributed by atoms with Gasteiger partial charge in [0.05, 0.1) is 7.11 Å². The third kappa shape index (κ3) is 8.90. The normalized spacial score (nSPS) is 15.0. The summed E-state index contributed by atoms with van der Waals surface area (Å²) in [6.45, 7) is 1.83. The van der Waals surface area contributed by atoms with E-state index in [9.17, 15) is 19.2 Å². The predicted molar refractivity (Wildman–Crippen MR) is 143 cm³/mol. The molecule has 9 heteroatoms. The zero-order chi connectivity index (χ0) is 27.3. The van der Waals surface area contributed by atoms with Crippen LogP contribution in [-0.2, 0) is 36.9 Å². The number of benzene rings is 2. The fourth-order valence-electron chi connectivity index (χ4n) is 4.57. The first-order chi connectivity index (χ1) is 18.4. The molecule has 0 spiro atoms. The SMILES string of the molecule is CCC(=O)N[C@H](Cc1ccc(NC(=O)[C@@H](NC(=O)OCc2ccccc2)C2CCCCC2)cc1)C(=O)OC. The van der Waals surface area contributed by atoms with Crippen molar-refractivity contribution < 1.29 is 28.7 Å². The van der Waals surface area contributed by atoms with E-state index in [0.29, 0.717) is 5.69 Å². The van der Waals surface area contributed by atoms with Crippen molar-refractivity contribution in [3.8, 4) is 0 Å². The number of hydrogen-bond acceptors (Lipinski definition) is 6. The molecule has 0 unspecified atom stereocenters. The van der Waals surface area contributed by atoms with Gasteiger partial charge in [0.15, 0.2) is 0 Å². The molecule has 3 N–H and O–H groups in total. The summed E-state index contributed by atoms with van der Waals surface area (Å²) in [6, 6.07) is 14.9. The highest BCUT2D eigenvalue weighted by Crippen LogP contribution is 2.27. The summed E-state index contributed by atoms with van der Waals surface area (Å²) < 4.78 is 10.2. The number of anilines is 1. The second-order valence-electron chi connectivity index (χ2n) is 9.47. The Kier molecular flexibility index (Phi) is 11.1. The summed E-state index contributed by atoms with van der Waals surface area (Å²) in [5, 5.41) is 8.36. The quantitative estimate of drug-likeness (QED) is 0.381. The Bertz CT molecular complexity index is 1070. The number of ether oxygens (including phenoxy) is 2. The number of rotatable bonds is 11. The summed E-state index contributed by atoms with van der Waals surface area (Å²) >= 11 is 0. The first-order valence-corrected chi connectivity index (χ1v) is 13.1. The highest BCUT2D eigenvalue weighted by atomic mass is 16.5. The zero-order valence-corrected chi connectivity index (χ0v) is 22.0. The Morgan fingerprint density at radius 3 is 2.21 bits per heavy atom. The van der Waals surface area contributed by atoms with E-state index >= 15 is 0 Å². The minimum Gasteiger partial charge on any atom is -0.467 e. The van der Waals surface area contributed by atoms with E-state index in [1.54, 1.807) is 31.2 Å². The number of methoxy groups -OCH3 is 1. The Morgan fingerprint density at radius 2 is 1.58 bits per heavy atom. The van der Waals surface area contributed by atoms with Crippen molar-refractivity contribution in [2.45, 2.75) is 70.6 Å². The monoisotopic (exact) mass is 523 g/mol. The topological polar surface area (TPSA) is 123 Å². The van der Waals surface area contributed by atoms with Crippen molar-refractivity contribution in [3.05, 3.63) is 65.7 Å². The molecule has 204 valence electrons. The lowest BCUT2D eigenvalue weighted by Crippen LogP contribution is -2.49. The molecule has 2 aromatic rings. The molecule has 0 radical (unpaired) electrons. The highest BCUT2D eigenvalue weighted by Gasteiger charge is 2.31. The van der Waals surface area contributed by atoms with Crippen molar-refractivity contribution in [2.24, 2.45) is 5.92 Å². The smallest absolute Gasteiger partial charge is 0.408 e. The van der Waals surface area contributed by atoms with Gasteiger partial charge >= 0.3 is 12.1 Å². The minimum atomic E-state index is -0.797. The van der Waals surface area contributed by atoms with E-state index in [2.05, 4.69) is 16.0 Å². The van der Waals surface area contributed by atoms with Gasteiger partial charge in [-0.05, 0) is 42.0 Å². The maximum Gasteiger partial charge on any atom is 0.408 e. The van der Waals surface area contributed by atoms with Crippen molar-refractivity contribution in [3.63, 3.8) is 0 Å². The summed E-state index contributed by atoms with van der Waals surface area (Å²) in [5.74, 6) is -1.04. The van der Waals surface area contributed by atoms with Gasteiger partial charge in [0.2, 0.25) is 11.8 Å². The van der Waals surface area contributed by atoms with Crippen LogP contribution >= 0.6 is 0 Å². The minimum absolute atomic E-state index is 0.0234. The molecule has 0 saturated heterocycles. The van der Waals surface area contributed by atoms with Gasteiger partial charge < -0.3 is 25.4 Å². The van der Waals surface area contributed by atoms with Gasteiger partial charge in [0.25, 0.3) is 0 Å². The molecule has 1 saturated carbocycles. The van der Waals surface area contributed by atoms with E-state index in [1.165, 1.54) is 7.11 Å². The number of amides is 3. The molecular formula is C29H37N3O6. The van der Waals surface area contributed by atoms with Gasteiger partial charge in [-0.3, -0.25) is 9.59 Å². The molecular weight excluding hydrogens is 486 g/mol. The molecule has 0 heterocycles. The number of nitrogens with one attached hydrogen (secondary N) is 3. The van der Waals surface area contributed by atoms with Gasteiger partial charge in [-0.2, -0.15) is 0 Å². The molecule has 3 amide bonds. The van der Waals surface area contributed by atoms with Gasteiger partial charge in [-0.15, -0.1) is 0 Å². The van der Waals surface area contributed by atoms with Gasteiger partial charge in [-0.1, -0.05) is 68.7 Å². The molecule has 3 rings (SSSR count). The van der Waals surface area contributed by atoms with E-state index in [-0.39, 0.29) is 37.2 Å². The largest absolute Gasteiger partial charge is 0.467 e. The third-order valence-electron chi connectivity index (χ3n) is 6.69. The first-order valence-electron chi connectivity index (χ1n) is 13.1. The number of carbonyl (C=O) groups is 4. The van der Waals surface area contributed by atoms with Crippen LogP contribution < -0.4 is 16.0 Å². The van der Waals surface area contributed by atoms with Crippen LogP contribution in [0.1, 0.15) is 56.6 Å². The molecule has 2 aromatic carbocycles. The Labute approximate surface area is 223 Å². The van der Waals surface area contributed by atoms with Crippen molar-refractivity contribution >= 4 is 29.6 Å². The second kappa shape index (κ2) is 14.8. The lowest BCUT2D eigenvalue weighted by molar-refractivity contribution is -0.145. The number of esters is 1. The number of hydrogen-bond donors (Lipinski definition) is 3. The average Bonchev–Trinajstić information content (AvgIpc) is 2.95. The van der Waals surface area contributed by atoms with Crippen LogP contribution in [0, 0.1) is 5.92 Å². The Hall–Kier alpha value is -3.88. The number of alkyl carbamates (subject to hydrolysis) is 1. The van der Waals surface area contributed by atoms with Crippen LogP contribution in [-0.4, -0.2) is 43.1 Å². The maximum atomic E-state index is 13.3. The fraction of sp³-hybridized carbons (Fsp3) is 0.448. The molecule has 9 nitrogen and oxygen atoms in total. The maximum absolute atomic E-state index is 13.3. The van der Waals surface area contributed by atoms with E-state index in [4.69, 9.17) is 9.47 Å². The Morgan fingerprint density at radius 1 is 0.895 bits per heavy atom. The van der Waals surface area contributed by atoms with Gasteiger partial charge in [0.1, 0.15) is 18.7 Å². The summed E-state index contributed by atoms with van der Waals surface area (Å²) in [4.78, 5) is 49.7. The van der Waals surface area contributed by atoms with Crippen LogP contribution in [0.25, 0.3) is 0 Å². The first kappa shape index (κ1) is 28.7. The highest BCUT2D eigenvalue weighted by molar-refractivity contribution is 5.96. The second-order valence-corrected chi connectivity index (χ2v) is 9.47. The molecule has 38 heavy (non-hydrogen) atoms. The van der Waals surface area contributed by atoms with Crippen molar-refractivity contribution in [1.82, 2.24) is 10.6 Å². The summed E-state index contributed by atoms with van der Waals surface area (Å²) in [6.07, 6.45) is 4.75. The Balaban J connectivity index is 1.62. The average molecular weight is 524 g/mol. The lowest BCUT2D eigenvalue weighted by atomic mass is 9.83. The standard InChI is InChI=1S/C29H37N3O6/c1-3-25(33)31-24(28(35)37-2)18-20-14-16-23(17-15-20)30-27(34)26(22-12-8-5-9-13-22)32-29(36)38-19-21-10-6-4-7-11-21/h4,6-7,10-11,14-17,22,24,26H,3,5,8-9,12-13,18-19H2,1-2H3,(H,30,34)(H,31,33)(H,32,36)/t24-,26+/m1/s1. The van der Waals surface area contributed by atoms with E-state index in [1.807, 2.05) is 30.3 Å². The molecule has 1 aliphatic carbocycles. The predicted octanol–water partition coefficient (Wildman–Crippen LogP) is 4.11. The van der Waals surface area contributed by atoms with E-state index < -0.39 is 24.1 Å². The van der Waals surface area contributed by atoms with Crippen LogP contribution in [0.4, 0.5) is 10.5 Å². The molecule has 0 aliphatic heterocycles. The van der Waals surface area contributed by atoms with Gasteiger partial charge in [-0.25, -0.2) is 9.59 Å². The molecule has 0 aromatic heterocycles. The van der Waals surface area contributed by atoms with Crippen molar-refractivity contribution in [1.29, 1.82) is 0 Å².